The normalized spacial score (nSPS) is 12.0. The predicted molar refractivity (Wildman–Crippen MR) is 125 cm³/mol. The van der Waals surface area contributed by atoms with E-state index in [9.17, 15) is 4.79 Å². The maximum absolute atomic E-state index is 12.3. The monoisotopic (exact) mass is 500 g/mol. The van der Waals surface area contributed by atoms with Crippen LogP contribution in [-0.2, 0) is 11.3 Å². The molecule has 0 saturated heterocycles. The number of amides is 1. The van der Waals surface area contributed by atoms with Crippen molar-refractivity contribution in [3.8, 4) is 0 Å². The lowest BCUT2D eigenvalue weighted by atomic mass is 10.1. The molecule has 1 amide bonds. The van der Waals surface area contributed by atoms with Gasteiger partial charge in [0, 0.05) is 50.9 Å². The van der Waals surface area contributed by atoms with E-state index in [1.807, 2.05) is 37.4 Å². The van der Waals surface area contributed by atoms with Crippen LogP contribution in [0.15, 0.2) is 52.8 Å². The highest BCUT2D eigenvalue weighted by molar-refractivity contribution is 14.0. The average molecular weight is 500 g/mol. The number of carbonyl (C=O) groups excluding carboxylic acids is 1. The highest BCUT2D eigenvalue weighted by Gasteiger charge is 2.10. The molecule has 0 bridgehead atoms. The van der Waals surface area contributed by atoms with Crippen molar-refractivity contribution in [2.45, 2.75) is 25.8 Å². The van der Waals surface area contributed by atoms with Crippen LogP contribution in [0.5, 0.6) is 0 Å². The quantitative estimate of drug-likeness (QED) is 0.331. The van der Waals surface area contributed by atoms with Gasteiger partial charge in [-0.2, -0.15) is 0 Å². The van der Waals surface area contributed by atoms with Gasteiger partial charge in [0.2, 0.25) is 5.91 Å². The van der Waals surface area contributed by atoms with E-state index < -0.39 is 0 Å². The van der Waals surface area contributed by atoms with Gasteiger partial charge < -0.3 is 15.5 Å². The minimum atomic E-state index is 0. The van der Waals surface area contributed by atoms with Crippen LogP contribution in [0.25, 0.3) is 0 Å². The van der Waals surface area contributed by atoms with Crippen molar-refractivity contribution in [3.05, 3.63) is 58.3 Å². The number of aliphatic imine (C=N–C) groups is 1. The predicted octanol–water partition coefficient (Wildman–Crippen LogP) is 3.68. The highest BCUT2D eigenvalue weighted by Crippen LogP contribution is 2.19. The number of hydrogen-bond donors (Lipinski definition) is 2. The van der Waals surface area contributed by atoms with Crippen LogP contribution in [0.4, 0.5) is 0 Å². The average Bonchev–Trinajstić information content (AvgIpc) is 3.19. The third-order valence-electron chi connectivity index (χ3n) is 4.15. The second-order valence-corrected chi connectivity index (χ2v) is 7.26. The first-order valence-corrected chi connectivity index (χ1v) is 9.74. The molecule has 0 saturated carbocycles. The molecule has 5 nitrogen and oxygen atoms in total. The molecule has 27 heavy (non-hydrogen) atoms. The van der Waals surface area contributed by atoms with Crippen LogP contribution in [0.3, 0.4) is 0 Å². The van der Waals surface area contributed by atoms with E-state index >= 15 is 0 Å². The minimum Gasteiger partial charge on any atom is -0.356 e. The number of thiophene rings is 1. The summed E-state index contributed by atoms with van der Waals surface area (Å²) in [7, 11) is 3.58. The molecule has 0 aliphatic carbocycles. The highest BCUT2D eigenvalue weighted by atomic mass is 127. The van der Waals surface area contributed by atoms with Crippen LogP contribution < -0.4 is 10.6 Å². The fraction of sp³-hybridized carbons (Fsp3) is 0.400. The van der Waals surface area contributed by atoms with Crippen molar-refractivity contribution < 1.29 is 4.79 Å². The Hall–Kier alpha value is -1.61. The minimum absolute atomic E-state index is 0. The molecule has 0 aliphatic heterocycles. The Morgan fingerprint density at radius 1 is 1.19 bits per heavy atom. The first-order valence-electron chi connectivity index (χ1n) is 8.86. The number of carbonyl (C=O) groups is 1. The largest absolute Gasteiger partial charge is 0.356 e. The number of nitrogens with one attached hydrogen (secondary N) is 2. The van der Waals surface area contributed by atoms with Crippen molar-refractivity contribution in [2.75, 3.05) is 27.2 Å². The molecule has 1 heterocycles. The zero-order valence-electron chi connectivity index (χ0n) is 16.1. The number of guanidine groups is 1. The van der Waals surface area contributed by atoms with Gasteiger partial charge in [0.25, 0.3) is 0 Å². The molecule has 1 atom stereocenters. The van der Waals surface area contributed by atoms with E-state index in [4.69, 9.17) is 0 Å². The lowest BCUT2D eigenvalue weighted by Crippen LogP contribution is -2.40. The third kappa shape index (κ3) is 8.30. The number of rotatable bonds is 8. The van der Waals surface area contributed by atoms with Crippen LogP contribution in [0.2, 0.25) is 0 Å². The maximum Gasteiger partial charge on any atom is 0.224 e. The van der Waals surface area contributed by atoms with Crippen molar-refractivity contribution in [1.29, 1.82) is 0 Å². The Labute approximate surface area is 183 Å². The second-order valence-electron chi connectivity index (χ2n) is 6.28. The van der Waals surface area contributed by atoms with Gasteiger partial charge in [-0.3, -0.25) is 9.79 Å². The number of nitrogens with zero attached hydrogens (tertiary/aromatic N) is 2. The Bertz CT molecular complexity index is 691. The van der Waals surface area contributed by atoms with Gasteiger partial charge in [0.05, 0.1) is 0 Å². The summed E-state index contributed by atoms with van der Waals surface area (Å²) in [5.41, 5.74) is 1.14. The molecule has 2 aromatic rings. The summed E-state index contributed by atoms with van der Waals surface area (Å²) in [5, 5.41) is 8.63. The van der Waals surface area contributed by atoms with E-state index in [1.54, 1.807) is 23.3 Å². The Balaban J connectivity index is 0.00000364. The van der Waals surface area contributed by atoms with Gasteiger partial charge in [-0.05, 0) is 17.0 Å². The van der Waals surface area contributed by atoms with Gasteiger partial charge in [0.15, 0.2) is 5.96 Å². The fourth-order valence-electron chi connectivity index (χ4n) is 2.57. The molecular weight excluding hydrogens is 471 g/mol. The van der Waals surface area contributed by atoms with Crippen molar-refractivity contribution in [2.24, 2.45) is 4.99 Å². The van der Waals surface area contributed by atoms with E-state index in [0.29, 0.717) is 25.4 Å². The van der Waals surface area contributed by atoms with Crippen molar-refractivity contribution >= 4 is 47.2 Å². The zero-order chi connectivity index (χ0) is 18.8. The zero-order valence-corrected chi connectivity index (χ0v) is 19.3. The molecule has 0 fully saturated rings. The Morgan fingerprint density at radius 2 is 1.93 bits per heavy atom. The molecule has 0 spiro atoms. The summed E-state index contributed by atoms with van der Waals surface area (Å²) in [5.74, 6) is 1.27. The summed E-state index contributed by atoms with van der Waals surface area (Å²) in [6.45, 7) is 4.19. The van der Waals surface area contributed by atoms with E-state index in [2.05, 4.69) is 40.1 Å². The molecule has 2 N–H and O–H groups in total. The van der Waals surface area contributed by atoms with E-state index in [1.165, 1.54) is 4.88 Å². The maximum atomic E-state index is 12.3. The number of halogens is 1. The molecule has 0 radical (unpaired) electrons. The van der Waals surface area contributed by atoms with Gasteiger partial charge in [-0.1, -0.05) is 43.3 Å². The van der Waals surface area contributed by atoms with Crippen LogP contribution in [-0.4, -0.2) is 44.0 Å². The molecule has 148 valence electrons. The molecular formula is C20H29IN4OS. The summed E-state index contributed by atoms with van der Waals surface area (Å²) < 4.78 is 0. The lowest BCUT2D eigenvalue weighted by molar-refractivity contribution is -0.130. The molecule has 7 heteroatoms. The van der Waals surface area contributed by atoms with Crippen LogP contribution in [0.1, 0.15) is 29.7 Å². The Kier molecular flexibility index (Phi) is 11.0. The first kappa shape index (κ1) is 23.4. The molecule has 2 rings (SSSR count). The number of hydrogen-bond acceptors (Lipinski definition) is 3. The van der Waals surface area contributed by atoms with E-state index in [-0.39, 0.29) is 29.9 Å². The topological polar surface area (TPSA) is 56.7 Å². The SMILES string of the molecule is CN=C(NCCC(=O)N(C)Cc1ccccc1)NCC(C)c1cccs1.I. The molecule has 1 unspecified atom stereocenters. The van der Waals surface area contributed by atoms with Crippen molar-refractivity contribution in [1.82, 2.24) is 15.5 Å². The summed E-state index contributed by atoms with van der Waals surface area (Å²) in [4.78, 5) is 19.6. The smallest absolute Gasteiger partial charge is 0.224 e. The second kappa shape index (κ2) is 12.7. The summed E-state index contributed by atoms with van der Waals surface area (Å²) in [6, 6.07) is 14.2. The van der Waals surface area contributed by atoms with Gasteiger partial charge in [-0.15, -0.1) is 35.3 Å². The third-order valence-corrected chi connectivity index (χ3v) is 5.25. The standard InChI is InChI=1S/C20H28N4OS.HI/c1-16(18-10-7-13-26-18)14-23-20(21-2)22-12-11-19(25)24(3)15-17-8-5-4-6-9-17;/h4-10,13,16H,11-12,14-15H2,1-3H3,(H2,21,22,23);1H. The van der Waals surface area contributed by atoms with Gasteiger partial charge in [-0.25, -0.2) is 0 Å². The van der Waals surface area contributed by atoms with Crippen molar-refractivity contribution in [3.63, 3.8) is 0 Å². The Morgan fingerprint density at radius 3 is 2.56 bits per heavy atom. The molecule has 1 aromatic heterocycles. The van der Waals surface area contributed by atoms with Crippen LogP contribution >= 0.6 is 35.3 Å². The van der Waals surface area contributed by atoms with E-state index in [0.717, 1.165) is 18.1 Å². The number of benzene rings is 1. The first-order chi connectivity index (χ1) is 12.6. The molecule has 0 aliphatic rings. The van der Waals surface area contributed by atoms with Gasteiger partial charge >= 0.3 is 0 Å². The van der Waals surface area contributed by atoms with Crippen LogP contribution in [0, 0.1) is 0 Å². The summed E-state index contributed by atoms with van der Waals surface area (Å²) >= 11 is 1.77. The summed E-state index contributed by atoms with van der Waals surface area (Å²) in [6.07, 6.45) is 0.435. The fourth-order valence-corrected chi connectivity index (χ4v) is 3.35. The lowest BCUT2D eigenvalue weighted by Gasteiger charge is -2.18. The molecule has 1 aromatic carbocycles. The van der Waals surface area contributed by atoms with Gasteiger partial charge in [0.1, 0.15) is 0 Å².